The van der Waals surface area contributed by atoms with E-state index in [1.807, 2.05) is 29.6 Å². The maximum Gasteiger partial charge on any atom is 0.140 e. The SMILES string of the molecule is NC(=S)c1ccc(OCc2nccs2)cc1. The fraction of sp³-hybridized carbons (Fsp3) is 0.0909. The van der Waals surface area contributed by atoms with Crippen LogP contribution in [0.25, 0.3) is 0 Å². The maximum absolute atomic E-state index is 5.55. The fourth-order valence-corrected chi connectivity index (χ4v) is 1.85. The number of aromatic nitrogens is 1. The zero-order chi connectivity index (χ0) is 11.4. The number of thiazole rings is 1. The molecule has 2 rings (SSSR count). The zero-order valence-corrected chi connectivity index (χ0v) is 10.1. The van der Waals surface area contributed by atoms with Gasteiger partial charge in [-0.2, -0.15) is 0 Å². The monoisotopic (exact) mass is 250 g/mol. The van der Waals surface area contributed by atoms with Crippen LogP contribution in [0.5, 0.6) is 5.75 Å². The summed E-state index contributed by atoms with van der Waals surface area (Å²) in [4.78, 5) is 4.52. The van der Waals surface area contributed by atoms with Gasteiger partial charge in [-0.15, -0.1) is 11.3 Å². The van der Waals surface area contributed by atoms with Crippen molar-refractivity contribution in [1.29, 1.82) is 0 Å². The van der Waals surface area contributed by atoms with Crippen molar-refractivity contribution >= 4 is 28.5 Å². The Morgan fingerprint density at radius 2 is 2.12 bits per heavy atom. The van der Waals surface area contributed by atoms with Gasteiger partial charge in [0, 0.05) is 17.1 Å². The second-order valence-electron chi connectivity index (χ2n) is 3.10. The van der Waals surface area contributed by atoms with Crippen molar-refractivity contribution in [3.05, 3.63) is 46.4 Å². The van der Waals surface area contributed by atoms with Gasteiger partial charge in [0.25, 0.3) is 0 Å². The third-order valence-corrected chi connectivity index (χ3v) is 2.97. The maximum atomic E-state index is 5.55. The predicted molar refractivity (Wildman–Crippen MR) is 68.8 cm³/mol. The van der Waals surface area contributed by atoms with Crippen LogP contribution >= 0.6 is 23.6 Å². The van der Waals surface area contributed by atoms with Crippen molar-refractivity contribution in [2.45, 2.75) is 6.61 Å². The highest BCUT2D eigenvalue weighted by molar-refractivity contribution is 7.80. The predicted octanol–water partition coefficient (Wildman–Crippen LogP) is 2.36. The van der Waals surface area contributed by atoms with Crippen LogP contribution in [-0.4, -0.2) is 9.97 Å². The number of ether oxygens (including phenoxy) is 1. The van der Waals surface area contributed by atoms with E-state index in [0.717, 1.165) is 16.3 Å². The molecule has 0 aliphatic heterocycles. The van der Waals surface area contributed by atoms with Crippen LogP contribution in [0.3, 0.4) is 0 Å². The Morgan fingerprint density at radius 3 is 2.69 bits per heavy atom. The van der Waals surface area contributed by atoms with Crippen molar-refractivity contribution in [3.63, 3.8) is 0 Å². The molecule has 0 spiro atoms. The molecule has 0 aliphatic carbocycles. The molecule has 2 aromatic rings. The van der Waals surface area contributed by atoms with E-state index < -0.39 is 0 Å². The van der Waals surface area contributed by atoms with E-state index in [9.17, 15) is 0 Å². The van der Waals surface area contributed by atoms with Crippen molar-refractivity contribution < 1.29 is 4.74 Å². The van der Waals surface area contributed by atoms with Crippen LogP contribution in [0.2, 0.25) is 0 Å². The lowest BCUT2D eigenvalue weighted by Crippen LogP contribution is -2.08. The summed E-state index contributed by atoms with van der Waals surface area (Å²) in [7, 11) is 0. The molecule has 16 heavy (non-hydrogen) atoms. The molecule has 1 aromatic heterocycles. The molecule has 1 aromatic carbocycles. The summed E-state index contributed by atoms with van der Waals surface area (Å²) < 4.78 is 5.55. The van der Waals surface area contributed by atoms with Crippen molar-refractivity contribution in [3.8, 4) is 5.75 Å². The first kappa shape index (κ1) is 11.0. The highest BCUT2D eigenvalue weighted by Gasteiger charge is 1.99. The van der Waals surface area contributed by atoms with Crippen molar-refractivity contribution in [2.75, 3.05) is 0 Å². The van der Waals surface area contributed by atoms with Crippen LogP contribution in [0.1, 0.15) is 10.6 Å². The molecule has 0 atom stereocenters. The number of nitrogens with two attached hydrogens (primary N) is 1. The minimum atomic E-state index is 0.395. The molecule has 2 N–H and O–H groups in total. The molecular formula is C11H10N2OS2. The Hall–Kier alpha value is -1.46. The standard InChI is InChI=1S/C11H10N2OS2/c12-11(15)8-1-3-9(4-2-8)14-7-10-13-5-6-16-10/h1-6H,7H2,(H2,12,15). The van der Waals surface area contributed by atoms with Gasteiger partial charge in [0.1, 0.15) is 22.4 Å². The van der Waals surface area contributed by atoms with E-state index >= 15 is 0 Å². The Morgan fingerprint density at radius 1 is 1.38 bits per heavy atom. The van der Waals surface area contributed by atoms with Crippen molar-refractivity contribution in [1.82, 2.24) is 4.98 Å². The molecule has 0 unspecified atom stereocenters. The lowest BCUT2D eigenvalue weighted by Gasteiger charge is -2.04. The normalized spacial score (nSPS) is 10.0. The third kappa shape index (κ3) is 2.77. The van der Waals surface area contributed by atoms with E-state index in [1.54, 1.807) is 17.5 Å². The Labute approximate surface area is 103 Å². The molecule has 0 bridgehead atoms. The summed E-state index contributed by atoms with van der Waals surface area (Å²) in [5.74, 6) is 0.787. The Bertz CT molecular complexity index is 465. The van der Waals surface area contributed by atoms with Gasteiger partial charge in [0.15, 0.2) is 0 Å². The van der Waals surface area contributed by atoms with Gasteiger partial charge in [0.05, 0.1) is 0 Å². The van der Waals surface area contributed by atoms with Crippen LogP contribution in [0.4, 0.5) is 0 Å². The van der Waals surface area contributed by atoms with Gasteiger partial charge in [-0.1, -0.05) is 12.2 Å². The van der Waals surface area contributed by atoms with Crippen LogP contribution in [0.15, 0.2) is 35.8 Å². The smallest absolute Gasteiger partial charge is 0.140 e. The van der Waals surface area contributed by atoms with Crippen LogP contribution in [-0.2, 0) is 6.61 Å². The molecule has 5 heteroatoms. The van der Waals surface area contributed by atoms with E-state index in [0.29, 0.717) is 11.6 Å². The van der Waals surface area contributed by atoms with Gasteiger partial charge < -0.3 is 10.5 Å². The number of hydrogen-bond acceptors (Lipinski definition) is 4. The Balaban J connectivity index is 1.98. The van der Waals surface area contributed by atoms with Gasteiger partial charge in [-0.3, -0.25) is 0 Å². The lowest BCUT2D eigenvalue weighted by atomic mass is 10.2. The molecule has 0 fully saturated rings. The summed E-state index contributed by atoms with van der Waals surface area (Å²) in [6.07, 6.45) is 1.76. The van der Waals surface area contributed by atoms with Crippen molar-refractivity contribution in [2.24, 2.45) is 5.73 Å². The van der Waals surface area contributed by atoms with Gasteiger partial charge >= 0.3 is 0 Å². The number of benzene rings is 1. The summed E-state index contributed by atoms with van der Waals surface area (Å²) >= 11 is 6.44. The fourth-order valence-electron chi connectivity index (χ4n) is 1.18. The topological polar surface area (TPSA) is 48.1 Å². The number of rotatable bonds is 4. The first-order valence-electron chi connectivity index (χ1n) is 4.67. The molecule has 1 heterocycles. The summed E-state index contributed by atoms with van der Waals surface area (Å²) in [5, 5.41) is 2.88. The average molecular weight is 250 g/mol. The zero-order valence-electron chi connectivity index (χ0n) is 8.42. The summed E-state index contributed by atoms with van der Waals surface area (Å²) in [6.45, 7) is 0.490. The first-order valence-corrected chi connectivity index (χ1v) is 5.95. The molecule has 0 amide bonds. The summed E-state index contributed by atoms with van der Waals surface area (Å²) in [5.41, 5.74) is 6.34. The van der Waals surface area contributed by atoms with E-state index in [2.05, 4.69) is 4.98 Å². The highest BCUT2D eigenvalue weighted by atomic mass is 32.1. The molecule has 82 valence electrons. The first-order chi connectivity index (χ1) is 7.75. The lowest BCUT2D eigenvalue weighted by molar-refractivity contribution is 0.305. The Kier molecular flexibility index (Phi) is 3.48. The average Bonchev–Trinajstić information content (AvgIpc) is 2.80. The highest BCUT2D eigenvalue weighted by Crippen LogP contribution is 2.14. The van der Waals surface area contributed by atoms with Gasteiger partial charge in [0.2, 0.25) is 0 Å². The van der Waals surface area contributed by atoms with Gasteiger partial charge in [-0.05, 0) is 24.3 Å². The largest absolute Gasteiger partial charge is 0.486 e. The molecular weight excluding hydrogens is 240 g/mol. The van der Waals surface area contributed by atoms with Gasteiger partial charge in [-0.25, -0.2) is 4.98 Å². The van der Waals surface area contributed by atoms with Crippen LogP contribution < -0.4 is 10.5 Å². The molecule has 0 radical (unpaired) electrons. The molecule has 0 aliphatic rings. The molecule has 3 nitrogen and oxygen atoms in total. The van der Waals surface area contributed by atoms with E-state index in [-0.39, 0.29) is 0 Å². The second-order valence-corrected chi connectivity index (χ2v) is 4.52. The van der Waals surface area contributed by atoms with E-state index in [1.165, 1.54) is 0 Å². The number of nitrogens with zero attached hydrogens (tertiary/aromatic N) is 1. The number of hydrogen-bond donors (Lipinski definition) is 1. The third-order valence-electron chi connectivity index (χ3n) is 1.98. The minimum absolute atomic E-state index is 0.395. The van der Waals surface area contributed by atoms with E-state index in [4.69, 9.17) is 22.7 Å². The second kappa shape index (κ2) is 5.05. The minimum Gasteiger partial charge on any atom is -0.486 e. The molecule has 0 saturated carbocycles. The molecule has 0 saturated heterocycles. The van der Waals surface area contributed by atoms with Crippen LogP contribution in [0, 0.1) is 0 Å². The quantitative estimate of drug-likeness (QED) is 0.846. The summed E-state index contributed by atoms with van der Waals surface area (Å²) in [6, 6.07) is 7.39. The number of thiocarbonyl (C=S) groups is 1.